The molecule has 0 aliphatic carbocycles. The molecular formula is C14H15N3O4. The molecule has 7 nitrogen and oxygen atoms in total. The maximum absolute atomic E-state index is 12.2. The Balaban J connectivity index is 2.25. The van der Waals surface area contributed by atoms with E-state index in [0.717, 1.165) is 0 Å². The normalized spacial score (nSPS) is 17.5. The molecular weight excluding hydrogens is 274 g/mol. The first-order valence-corrected chi connectivity index (χ1v) is 6.28. The maximum atomic E-state index is 12.2. The monoisotopic (exact) mass is 289 g/mol. The summed E-state index contributed by atoms with van der Waals surface area (Å²) in [7, 11) is 1.28. The summed E-state index contributed by atoms with van der Waals surface area (Å²) >= 11 is 0. The molecule has 0 aromatic carbocycles. The molecule has 1 aliphatic heterocycles. The lowest BCUT2D eigenvalue weighted by molar-refractivity contribution is -0.136. The van der Waals surface area contributed by atoms with Crippen molar-refractivity contribution in [3.63, 3.8) is 0 Å². The topological polar surface area (TPSA) is 101 Å². The molecule has 0 fully saturated rings. The van der Waals surface area contributed by atoms with E-state index in [1.807, 2.05) is 0 Å². The fraction of sp³-hybridized carbons (Fsp3) is 0.286. The molecule has 1 aromatic heterocycles. The van der Waals surface area contributed by atoms with Crippen molar-refractivity contribution in [2.24, 2.45) is 4.99 Å². The number of nitrogens with zero attached hydrogens (tertiary/aromatic N) is 2. The highest BCUT2D eigenvalue weighted by Crippen LogP contribution is 2.24. The van der Waals surface area contributed by atoms with Gasteiger partial charge in [0.05, 0.1) is 18.7 Å². The van der Waals surface area contributed by atoms with E-state index >= 15 is 0 Å². The molecule has 1 aliphatic rings. The van der Waals surface area contributed by atoms with Gasteiger partial charge in [-0.2, -0.15) is 0 Å². The molecule has 0 saturated heterocycles. The van der Waals surface area contributed by atoms with Gasteiger partial charge in [-0.05, 0) is 31.6 Å². The molecule has 1 amide bonds. The number of aromatic hydroxyl groups is 1. The minimum Gasteiger partial charge on any atom is -0.504 e. The van der Waals surface area contributed by atoms with E-state index in [4.69, 9.17) is 0 Å². The van der Waals surface area contributed by atoms with Crippen molar-refractivity contribution in [2.75, 3.05) is 12.4 Å². The Hall–Kier alpha value is -2.70. The maximum Gasteiger partial charge on any atom is 0.336 e. The standard InChI is InChI=1S/C14H15N3O4/c1-7-10(14(20)21-3)8(2)16-11(7)13(19)17-12-9(18)5-4-6-15-12/h4-6,8,18H,1-3H3,(H,15,17,19)/t8-/m1/s1. The molecule has 0 spiro atoms. The van der Waals surface area contributed by atoms with Crippen molar-refractivity contribution in [2.45, 2.75) is 19.9 Å². The van der Waals surface area contributed by atoms with Crippen LogP contribution in [0.4, 0.5) is 5.82 Å². The summed E-state index contributed by atoms with van der Waals surface area (Å²) in [5, 5.41) is 12.1. The lowest BCUT2D eigenvalue weighted by atomic mass is 10.0. The number of ether oxygens (including phenoxy) is 1. The summed E-state index contributed by atoms with van der Waals surface area (Å²) in [5.41, 5.74) is 0.947. The predicted octanol–water partition coefficient (Wildman–Crippen LogP) is 1.06. The van der Waals surface area contributed by atoms with Crippen LogP contribution in [0, 0.1) is 0 Å². The molecule has 2 heterocycles. The van der Waals surface area contributed by atoms with Crippen LogP contribution >= 0.6 is 0 Å². The number of aromatic nitrogens is 1. The van der Waals surface area contributed by atoms with Crippen molar-refractivity contribution >= 4 is 23.4 Å². The predicted molar refractivity (Wildman–Crippen MR) is 76.1 cm³/mol. The van der Waals surface area contributed by atoms with Crippen LogP contribution in [0.25, 0.3) is 0 Å². The smallest absolute Gasteiger partial charge is 0.336 e. The van der Waals surface area contributed by atoms with Crippen LogP contribution < -0.4 is 5.32 Å². The lowest BCUT2D eigenvalue weighted by Crippen LogP contribution is -2.23. The molecule has 110 valence electrons. The zero-order valence-electron chi connectivity index (χ0n) is 11.9. The summed E-state index contributed by atoms with van der Waals surface area (Å²) in [6.07, 6.45) is 1.44. The fourth-order valence-corrected chi connectivity index (χ4v) is 2.12. The fourth-order valence-electron chi connectivity index (χ4n) is 2.12. The van der Waals surface area contributed by atoms with Gasteiger partial charge in [0.2, 0.25) is 0 Å². The van der Waals surface area contributed by atoms with Gasteiger partial charge in [-0.15, -0.1) is 0 Å². The number of nitrogens with one attached hydrogen (secondary N) is 1. The summed E-state index contributed by atoms with van der Waals surface area (Å²) in [6.45, 7) is 3.33. The summed E-state index contributed by atoms with van der Waals surface area (Å²) < 4.78 is 4.69. The van der Waals surface area contributed by atoms with Crippen LogP contribution in [-0.2, 0) is 14.3 Å². The van der Waals surface area contributed by atoms with E-state index < -0.39 is 17.9 Å². The van der Waals surface area contributed by atoms with Crippen molar-refractivity contribution in [1.82, 2.24) is 4.98 Å². The first-order valence-electron chi connectivity index (χ1n) is 6.28. The highest BCUT2D eigenvalue weighted by Gasteiger charge is 2.31. The summed E-state index contributed by atoms with van der Waals surface area (Å²) in [6, 6.07) is 2.50. The van der Waals surface area contributed by atoms with Gasteiger partial charge in [0.15, 0.2) is 11.6 Å². The van der Waals surface area contributed by atoms with Crippen LogP contribution in [0.15, 0.2) is 34.5 Å². The molecule has 0 unspecified atom stereocenters. The molecule has 2 N–H and O–H groups in total. The quantitative estimate of drug-likeness (QED) is 0.810. The Labute approximate surface area is 121 Å². The summed E-state index contributed by atoms with van der Waals surface area (Å²) in [4.78, 5) is 31.9. The number of esters is 1. The molecule has 1 aromatic rings. The first-order chi connectivity index (χ1) is 9.95. The highest BCUT2D eigenvalue weighted by atomic mass is 16.5. The number of amides is 1. The number of hydrogen-bond donors (Lipinski definition) is 2. The van der Waals surface area contributed by atoms with Gasteiger partial charge < -0.3 is 15.2 Å². The van der Waals surface area contributed by atoms with E-state index in [9.17, 15) is 14.7 Å². The SMILES string of the molecule is COC(=O)C1=C(C)C(C(=O)Nc2ncccc2O)=N[C@@H]1C. The van der Waals surface area contributed by atoms with E-state index in [1.54, 1.807) is 19.9 Å². The van der Waals surface area contributed by atoms with Crippen LogP contribution in [0.1, 0.15) is 13.8 Å². The lowest BCUT2D eigenvalue weighted by Gasteiger charge is -2.07. The minimum atomic E-state index is -0.535. The Kier molecular flexibility index (Phi) is 4.02. The molecule has 21 heavy (non-hydrogen) atoms. The van der Waals surface area contributed by atoms with Crippen molar-refractivity contribution in [3.8, 4) is 5.75 Å². The number of pyridine rings is 1. The average Bonchev–Trinajstić information content (AvgIpc) is 2.76. The van der Waals surface area contributed by atoms with Crippen LogP contribution in [0.5, 0.6) is 5.75 Å². The second-order valence-electron chi connectivity index (χ2n) is 4.51. The Morgan fingerprint density at radius 2 is 2.14 bits per heavy atom. The van der Waals surface area contributed by atoms with E-state index in [1.165, 1.54) is 19.4 Å². The zero-order valence-corrected chi connectivity index (χ0v) is 11.9. The Bertz CT molecular complexity index is 664. The highest BCUT2D eigenvalue weighted by molar-refractivity contribution is 6.50. The van der Waals surface area contributed by atoms with E-state index in [0.29, 0.717) is 11.1 Å². The third-order valence-electron chi connectivity index (χ3n) is 3.14. The summed E-state index contributed by atoms with van der Waals surface area (Å²) in [5.74, 6) is -1.15. The second kappa shape index (κ2) is 5.74. The number of carbonyl (C=O) groups is 2. The third-order valence-corrected chi connectivity index (χ3v) is 3.14. The Morgan fingerprint density at radius 1 is 1.43 bits per heavy atom. The number of carbonyl (C=O) groups excluding carboxylic acids is 2. The van der Waals surface area contributed by atoms with Gasteiger partial charge >= 0.3 is 5.97 Å². The molecule has 0 bridgehead atoms. The van der Waals surface area contributed by atoms with Crippen LogP contribution in [0.2, 0.25) is 0 Å². The van der Waals surface area contributed by atoms with Gasteiger partial charge in [-0.3, -0.25) is 9.79 Å². The first kappa shape index (κ1) is 14.7. The van der Waals surface area contributed by atoms with Gasteiger partial charge in [-0.1, -0.05) is 0 Å². The number of hydrogen-bond acceptors (Lipinski definition) is 6. The van der Waals surface area contributed by atoms with Crippen molar-refractivity contribution in [1.29, 1.82) is 0 Å². The molecule has 0 saturated carbocycles. The van der Waals surface area contributed by atoms with Gasteiger partial charge in [0.25, 0.3) is 5.91 Å². The Morgan fingerprint density at radius 3 is 2.76 bits per heavy atom. The zero-order chi connectivity index (χ0) is 15.6. The van der Waals surface area contributed by atoms with Gasteiger partial charge in [0, 0.05) is 6.20 Å². The van der Waals surface area contributed by atoms with Crippen molar-refractivity contribution in [3.05, 3.63) is 29.5 Å². The third kappa shape index (κ3) is 2.76. The van der Waals surface area contributed by atoms with E-state index in [2.05, 4.69) is 20.0 Å². The van der Waals surface area contributed by atoms with Gasteiger partial charge in [-0.25, -0.2) is 9.78 Å². The number of rotatable bonds is 3. The second-order valence-corrected chi connectivity index (χ2v) is 4.51. The molecule has 7 heteroatoms. The molecule has 0 radical (unpaired) electrons. The number of methoxy groups -OCH3 is 1. The largest absolute Gasteiger partial charge is 0.504 e. The van der Waals surface area contributed by atoms with Crippen molar-refractivity contribution < 1.29 is 19.4 Å². The minimum absolute atomic E-state index is 0.0390. The van der Waals surface area contributed by atoms with E-state index in [-0.39, 0.29) is 17.3 Å². The average molecular weight is 289 g/mol. The number of anilines is 1. The van der Waals surface area contributed by atoms with Gasteiger partial charge in [0.1, 0.15) is 5.71 Å². The number of aliphatic imine (C=N–C) groups is 1. The van der Waals surface area contributed by atoms with Crippen LogP contribution in [-0.4, -0.2) is 40.8 Å². The molecule has 2 rings (SSSR count). The van der Waals surface area contributed by atoms with Crippen LogP contribution in [0.3, 0.4) is 0 Å². The molecule has 1 atom stereocenters.